The lowest BCUT2D eigenvalue weighted by Crippen LogP contribution is -1.61. The summed E-state index contributed by atoms with van der Waals surface area (Å²) in [6.07, 6.45) is 7.04. The average molecular weight is 109 g/mol. The van der Waals surface area contributed by atoms with Crippen molar-refractivity contribution < 1.29 is 0 Å². The molecule has 0 aromatic heterocycles. The smallest absolute Gasteiger partial charge is 0.0167 e. The zero-order valence-corrected chi connectivity index (χ0v) is 5.65. The molecule has 0 aromatic carbocycles. The number of allylic oxidation sites excluding steroid dienone is 4. The van der Waals surface area contributed by atoms with Gasteiger partial charge in [-0.3, -0.25) is 0 Å². The fourth-order valence-corrected chi connectivity index (χ4v) is 0.400. The summed E-state index contributed by atoms with van der Waals surface area (Å²) >= 11 is 0. The highest BCUT2D eigenvalue weighted by atomic mass is 13.8. The fraction of sp³-hybridized carbons (Fsp3) is 0.375. The van der Waals surface area contributed by atoms with E-state index >= 15 is 0 Å². The molecule has 45 valence electrons. The molecule has 0 saturated heterocycles. The van der Waals surface area contributed by atoms with Crippen LogP contribution in [-0.2, 0) is 0 Å². The van der Waals surface area contributed by atoms with Crippen LogP contribution in [0.15, 0.2) is 23.8 Å². The Balaban J connectivity index is 3.30. The SMILES string of the molecule is [CH2]/C=C/CC=C(C)C. The summed E-state index contributed by atoms with van der Waals surface area (Å²) in [6.45, 7) is 7.76. The van der Waals surface area contributed by atoms with Crippen molar-refractivity contribution in [3.05, 3.63) is 30.7 Å². The first kappa shape index (κ1) is 7.48. The van der Waals surface area contributed by atoms with Gasteiger partial charge in [0.2, 0.25) is 0 Å². The van der Waals surface area contributed by atoms with Crippen LogP contribution in [0.2, 0.25) is 0 Å². The molecular weight excluding hydrogens is 96.1 g/mol. The molecular formula is C8H13. The Labute approximate surface area is 51.9 Å². The summed E-state index contributed by atoms with van der Waals surface area (Å²) < 4.78 is 0. The fourth-order valence-electron chi connectivity index (χ4n) is 0.400. The maximum atomic E-state index is 3.57. The summed E-state index contributed by atoms with van der Waals surface area (Å²) in [7, 11) is 0. The second kappa shape index (κ2) is 4.63. The van der Waals surface area contributed by atoms with Crippen LogP contribution in [-0.4, -0.2) is 0 Å². The van der Waals surface area contributed by atoms with Gasteiger partial charge < -0.3 is 0 Å². The normalized spacial score (nSPS) is 9.88. The van der Waals surface area contributed by atoms with E-state index in [0.29, 0.717) is 0 Å². The van der Waals surface area contributed by atoms with Crippen LogP contribution in [0.3, 0.4) is 0 Å². The van der Waals surface area contributed by atoms with Gasteiger partial charge in [0.1, 0.15) is 0 Å². The van der Waals surface area contributed by atoms with Crippen molar-refractivity contribution in [2.45, 2.75) is 20.3 Å². The first-order chi connectivity index (χ1) is 3.77. The zero-order valence-electron chi connectivity index (χ0n) is 5.65. The standard InChI is InChI=1S/C8H13/c1-4-5-6-7-8(2)3/h4-5,7H,1,6H2,2-3H3/b5-4+. The monoisotopic (exact) mass is 109 g/mol. The van der Waals surface area contributed by atoms with Crippen LogP contribution in [0.4, 0.5) is 0 Å². The van der Waals surface area contributed by atoms with E-state index < -0.39 is 0 Å². The van der Waals surface area contributed by atoms with E-state index in [-0.39, 0.29) is 0 Å². The molecule has 0 bridgehead atoms. The molecule has 8 heavy (non-hydrogen) atoms. The van der Waals surface area contributed by atoms with Gasteiger partial charge in [0.05, 0.1) is 0 Å². The molecule has 0 nitrogen and oxygen atoms in total. The van der Waals surface area contributed by atoms with Gasteiger partial charge in [-0.15, -0.1) is 0 Å². The predicted octanol–water partition coefficient (Wildman–Crippen LogP) is 2.73. The Morgan fingerprint density at radius 3 is 2.50 bits per heavy atom. The van der Waals surface area contributed by atoms with Crippen LogP contribution in [0.5, 0.6) is 0 Å². The van der Waals surface area contributed by atoms with Crippen molar-refractivity contribution in [3.63, 3.8) is 0 Å². The van der Waals surface area contributed by atoms with Gasteiger partial charge in [0, 0.05) is 0 Å². The molecule has 0 N–H and O–H groups in total. The van der Waals surface area contributed by atoms with Crippen molar-refractivity contribution in [1.82, 2.24) is 0 Å². The highest BCUT2D eigenvalue weighted by molar-refractivity contribution is 4.99. The molecule has 0 unspecified atom stereocenters. The highest BCUT2D eigenvalue weighted by Crippen LogP contribution is 1.92. The summed E-state index contributed by atoms with van der Waals surface area (Å²) in [4.78, 5) is 0. The van der Waals surface area contributed by atoms with E-state index in [1.165, 1.54) is 5.57 Å². The van der Waals surface area contributed by atoms with Crippen LogP contribution >= 0.6 is 0 Å². The molecule has 0 aliphatic heterocycles. The van der Waals surface area contributed by atoms with Gasteiger partial charge in [-0.2, -0.15) is 0 Å². The maximum absolute atomic E-state index is 3.57. The molecule has 0 spiro atoms. The second-order valence-corrected chi connectivity index (χ2v) is 1.99. The minimum absolute atomic E-state index is 1.02. The Morgan fingerprint density at radius 2 is 2.12 bits per heavy atom. The Bertz CT molecular complexity index is 92.6. The molecule has 1 radical (unpaired) electrons. The van der Waals surface area contributed by atoms with Crippen LogP contribution in [0, 0.1) is 6.92 Å². The molecule has 0 aromatic rings. The third-order valence-electron chi connectivity index (χ3n) is 0.829. The topological polar surface area (TPSA) is 0 Å². The lowest BCUT2D eigenvalue weighted by molar-refractivity contribution is 1.28. The van der Waals surface area contributed by atoms with Crippen LogP contribution < -0.4 is 0 Å². The molecule has 0 amide bonds. The van der Waals surface area contributed by atoms with Crippen molar-refractivity contribution in [1.29, 1.82) is 0 Å². The van der Waals surface area contributed by atoms with E-state index in [0.717, 1.165) is 6.42 Å². The first-order valence-corrected chi connectivity index (χ1v) is 2.85. The van der Waals surface area contributed by atoms with E-state index in [2.05, 4.69) is 26.8 Å². The molecule has 0 rings (SSSR count). The summed E-state index contributed by atoms with van der Waals surface area (Å²) in [5.41, 5.74) is 1.36. The summed E-state index contributed by atoms with van der Waals surface area (Å²) in [5.74, 6) is 0. The third kappa shape index (κ3) is 5.48. The molecule has 0 fully saturated rings. The van der Waals surface area contributed by atoms with E-state index in [1.54, 1.807) is 0 Å². The van der Waals surface area contributed by atoms with E-state index in [4.69, 9.17) is 0 Å². The van der Waals surface area contributed by atoms with E-state index in [9.17, 15) is 0 Å². The lowest BCUT2D eigenvalue weighted by Gasteiger charge is -1.83. The largest absolute Gasteiger partial charge is 0.0879 e. The molecule has 0 heterocycles. The molecule has 0 heteroatoms. The van der Waals surface area contributed by atoms with Gasteiger partial charge in [0.15, 0.2) is 0 Å². The predicted molar refractivity (Wildman–Crippen MR) is 38.5 cm³/mol. The number of rotatable bonds is 2. The molecule has 0 saturated carbocycles. The van der Waals surface area contributed by atoms with Crippen molar-refractivity contribution in [3.8, 4) is 0 Å². The van der Waals surface area contributed by atoms with E-state index in [1.807, 2.05) is 12.2 Å². The Kier molecular flexibility index (Phi) is 4.33. The van der Waals surface area contributed by atoms with Gasteiger partial charge in [-0.25, -0.2) is 0 Å². The zero-order chi connectivity index (χ0) is 6.41. The van der Waals surface area contributed by atoms with Crippen molar-refractivity contribution in [2.75, 3.05) is 0 Å². The third-order valence-corrected chi connectivity index (χ3v) is 0.829. The average Bonchev–Trinajstić information content (AvgIpc) is 1.66. The Morgan fingerprint density at radius 1 is 1.50 bits per heavy atom. The van der Waals surface area contributed by atoms with Crippen LogP contribution in [0.25, 0.3) is 0 Å². The van der Waals surface area contributed by atoms with Gasteiger partial charge >= 0.3 is 0 Å². The van der Waals surface area contributed by atoms with Crippen LogP contribution in [0.1, 0.15) is 20.3 Å². The number of hydrogen-bond acceptors (Lipinski definition) is 0. The quantitative estimate of drug-likeness (QED) is 0.478. The number of hydrogen-bond donors (Lipinski definition) is 0. The second-order valence-electron chi connectivity index (χ2n) is 1.99. The maximum Gasteiger partial charge on any atom is -0.0167 e. The van der Waals surface area contributed by atoms with Crippen molar-refractivity contribution in [2.24, 2.45) is 0 Å². The minimum Gasteiger partial charge on any atom is -0.0879 e. The molecule has 0 atom stereocenters. The summed E-state index contributed by atoms with van der Waals surface area (Å²) in [5, 5.41) is 0. The minimum atomic E-state index is 1.02. The van der Waals surface area contributed by atoms with Gasteiger partial charge in [0.25, 0.3) is 0 Å². The first-order valence-electron chi connectivity index (χ1n) is 2.85. The van der Waals surface area contributed by atoms with Gasteiger partial charge in [-0.05, 0) is 27.2 Å². The Hall–Kier alpha value is -0.520. The van der Waals surface area contributed by atoms with Gasteiger partial charge in [-0.1, -0.05) is 23.8 Å². The molecule has 0 aliphatic carbocycles. The molecule has 0 aliphatic rings. The lowest BCUT2D eigenvalue weighted by atomic mass is 10.2. The van der Waals surface area contributed by atoms with Crippen molar-refractivity contribution >= 4 is 0 Å². The summed E-state index contributed by atoms with van der Waals surface area (Å²) in [6, 6.07) is 0. The highest BCUT2D eigenvalue weighted by Gasteiger charge is 1.71.